The fraction of sp³-hybridized carbons (Fsp3) is 0.840. The van der Waals surface area contributed by atoms with Gasteiger partial charge in [0.15, 0.2) is 0 Å². The summed E-state index contributed by atoms with van der Waals surface area (Å²) < 4.78 is 37.6. The van der Waals surface area contributed by atoms with Gasteiger partial charge in [0.05, 0.1) is 12.7 Å². The molecule has 2 N–H and O–H groups in total. The molecule has 2 nitrogen and oxygen atoms in total. The van der Waals surface area contributed by atoms with Crippen LogP contribution in [-0.2, 0) is 0 Å². The largest absolute Gasteiger partial charge is 0.393 e. The summed E-state index contributed by atoms with van der Waals surface area (Å²) in [6, 6.07) is 0. The van der Waals surface area contributed by atoms with Crippen LogP contribution in [0, 0.1) is 34.5 Å². The fourth-order valence-corrected chi connectivity index (χ4v) is 7.89. The monoisotopic (exact) mass is 426 g/mol. The van der Waals surface area contributed by atoms with Gasteiger partial charge in [-0.25, -0.2) is 0 Å². The highest BCUT2D eigenvalue weighted by Crippen LogP contribution is 2.66. The zero-order valence-electron chi connectivity index (χ0n) is 18.3. The molecule has 170 valence electrons. The van der Waals surface area contributed by atoms with Crippen molar-refractivity contribution in [1.82, 2.24) is 0 Å². The first-order chi connectivity index (χ1) is 14.1. The number of aliphatic hydroxyl groups excluding tert-OH is 2. The van der Waals surface area contributed by atoms with E-state index in [9.17, 15) is 23.4 Å². The lowest BCUT2D eigenvalue weighted by Gasteiger charge is -2.57. The van der Waals surface area contributed by atoms with E-state index in [4.69, 9.17) is 0 Å². The van der Waals surface area contributed by atoms with Crippen LogP contribution in [0.25, 0.3) is 0 Å². The Bertz CT molecular complexity index is 712. The van der Waals surface area contributed by atoms with E-state index in [0.29, 0.717) is 17.8 Å². The van der Waals surface area contributed by atoms with Gasteiger partial charge < -0.3 is 10.2 Å². The molecule has 0 aromatic heterocycles. The summed E-state index contributed by atoms with van der Waals surface area (Å²) in [5.74, 6) is 1.92. The molecule has 4 aliphatic carbocycles. The van der Waals surface area contributed by atoms with Gasteiger partial charge in [0.25, 0.3) is 0 Å². The number of hydrogen-bond acceptors (Lipinski definition) is 2. The number of rotatable bonds is 5. The fourth-order valence-electron chi connectivity index (χ4n) is 7.89. The smallest absolute Gasteiger partial charge is 0.389 e. The van der Waals surface area contributed by atoms with Crippen LogP contribution in [0.4, 0.5) is 13.2 Å². The third-order valence-electron chi connectivity index (χ3n) is 9.55. The van der Waals surface area contributed by atoms with E-state index < -0.39 is 18.7 Å². The van der Waals surface area contributed by atoms with Gasteiger partial charge in [0, 0.05) is 6.42 Å². The first-order valence-corrected chi connectivity index (χ1v) is 11.8. The number of hydrogen-bond donors (Lipinski definition) is 2. The van der Waals surface area contributed by atoms with Gasteiger partial charge in [0.2, 0.25) is 0 Å². The van der Waals surface area contributed by atoms with E-state index in [-0.39, 0.29) is 36.2 Å². The lowest BCUT2D eigenvalue weighted by atomic mass is 9.47. The zero-order chi connectivity index (χ0) is 21.7. The third-order valence-corrected chi connectivity index (χ3v) is 9.55. The topological polar surface area (TPSA) is 40.5 Å². The van der Waals surface area contributed by atoms with Crippen molar-refractivity contribution in [2.45, 2.75) is 90.3 Å². The van der Waals surface area contributed by atoms with Gasteiger partial charge in [-0.05, 0) is 103 Å². The standard InChI is InChI=1S/C25H37F3O2/c1-23-12-9-16(15-29)14-17(23)5-6-18-19-7-8-21(24(19,2)13-10-20(18)23)22(30)4-3-11-25(26,27)28/h5,14,18-22,29-30H,3-4,6-13,15H2,1-2H3/t18?,19?,20?,21-,22?,23+,24+/m1/s1. The Morgan fingerprint density at radius 1 is 1.13 bits per heavy atom. The highest BCUT2D eigenvalue weighted by molar-refractivity contribution is 5.37. The molecule has 0 amide bonds. The maximum absolute atomic E-state index is 12.5. The first kappa shape index (κ1) is 22.4. The van der Waals surface area contributed by atoms with Gasteiger partial charge in [-0.3, -0.25) is 0 Å². The average Bonchev–Trinajstić information content (AvgIpc) is 3.03. The quantitative estimate of drug-likeness (QED) is 0.550. The van der Waals surface area contributed by atoms with E-state index in [0.717, 1.165) is 50.5 Å². The lowest BCUT2D eigenvalue weighted by Crippen LogP contribution is -2.50. The van der Waals surface area contributed by atoms with Gasteiger partial charge in [-0.1, -0.05) is 26.0 Å². The van der Waals surface area contributed by atoms with Crippen LogP contribution in [-0.4, -0.2) is 29.1 Å². The van der Waals surface area contributed by atoms with Gasteiger partial charge in [-0.15, -0.1) is 0 Å². The average molecular weight is 427 g/mol. The Balaban J connectivity index is 1.49. The van der Waals surface area contributed by atoms with Gasteiger partial charge in [0.1, 0.15) is 0 Å². The maximum atomic E-state index is 12.5. The molecule has 4 aliphatic rings. The van der Waals surface area contributed by atoms with Crippen molar-refractivity contribution in [3.63, 3.8) is 0 Å². The Morgan fingerprint density at radius 3 is 2.60 bits per heavy atom. The van der Waals surface area contributed by atoms with E-state index in [2.05, 4.69) is 26.0 Å². The summed E-state index contributed by atoms with van der Waals surface area (Å²) in [5, 5.41) is 20.4. The van der Waals surface area contributed by atoms with Crippen LogP contribution in [0.5, 0.6) is 0 Å². The molecule has 30 heavy (non-hydrogen) atoms. The maximum Gasteiger partial charge on any atom is 0.389 e. The molecular formula is C25H37F3O2. The third kappa shape index (κ3) is 3.79. The molecule has 4 unspecified atom stereocenters. The second kappa shape index (κ2) is 7.95. The summed E-state index contributed by atoms with van der Waals surface area (Å²) in [6.07, 6.45) is 6.74. The van der Waals surface area contributed by atoms with Crippen molar-refractivity contribution in [2.75, 3.05) is 6.61 Å². The molecule has 0 aromatic rings. The molecular weight excluding hydrogens is 389 g/mol. The minimum absolute atomic E-state index is 0.0255. The van der Waals surface area contributed by atoms with Crippen molar-refractivity contribution < 1.29 is 23.4 Å². The molecule has 2 saturated carbocycles. The van der Waals surface area contributed by atoms with Crippen molar-refractivity contribution in [1.29, 1.82) is 0 Å². The molecule has 0 aromatic carbocycles. The molecule has 0 heterocycles. The minimum Gasteiger partial charge on any atom is -0.393 e. The number of fused-ring (bicyclic) bond motifs is 5. The number of alkyl halides is 3. The molecule has 4 rings (SSSR count). The van der Waals surface area contributed by atoms with Crippen LogP contribution in [0.2, 0.25) is 0 Å². The number of aliphatic hydroxyl groups is 2. The van der Waals surface area contributed by atoms with Crippen molar-refractivity contribution >= 4 is 0 Å². The first-order valence-electron chi connectivity index (χ1n) is 11.8. The van der Waals surface area contributed by atoms with E-state index >= 15 is 0 Å². The second-order valence-electron chi connectivity index (χ2n) is 11.0. The van der Waals surface area contributed by atoms with Gasteiger partial charge >= 0.3 is 6.18 Å². The number of halogens is 3. The van der Waals surface area contributed by atoms with Crippen molar-refractivity contribution in [3.8, 4) is 0 Å². The predicted molar refractivity (Wildman–Crippen MR) is 112 cm³/mol. The minimum atomic E-state index is -4.13. The zero-order valence-corrected chi connectivity index (χ0v) is 18.3. The Labute approximate surface area is 178 Å². The van der Waals surface area contributed by atoms with Crippen LogP contribution in [0.1, 0.15) is 78.1 Å². The molecule has 2 fully saturated rings. The summed E-state index contributed by atoms with van der Waals surface area (Å²) in [4.78, 5) is 0. The lowest BCUT2D eigenvalue weighted by molar-refractivity contribution is -0.137. The summed E-state index contributed by atoms with van der Waals surface area (Å²) >= 11 is 0. The van der Waals surface area contributed by atoms with Crippen LogP contribution < -0.4 is 0 Å². The molecule has 5 heteroatoms. The Morgan fingerprint density at radius 2 is 1.90 bits per heavy atom. The SMILES string of the molecule is C[C@]12CCC(CO)=CC1=CCC1C2CC[C@@]2(C)C1CC[C@@H]2C(O)CCCC(F)(F)F. The number of allylic oxidation sites excluding steroid dienone is 3. The van der Waals surface area contributed by atoms with E-state index in [1.54, 1.807) is 0 Å². The summed E-state index contributed by atoms with van der Waals surface area (Å²) in [7, 11) is 0. The van der Waals surface area contributed by atoms with Gasteiger partial charge in [-0.2, -0.15) is 13.2 Å². The van der Waals surface area contributed by atoms with Crippen LogP contribution in [0.15, 0.2) is 23.3 Å². The molecule has 0 radical (unpaired) electrons. The molecule has 0 bridgehead atoms. The molecule has 0 spiro atoms. The Hall–Kier alpha value is -0.810. The highest BCUT2D eigenvalue weighted by Gasteiger charge is 2.59. The normalized spacial score (nSPS) is 42.0. The van der Waals surface area contributed by atoms with Crippen molar-refractivity contribution in [2.24, 2.45) is 34.5 Å². The highest BCUT2D eigenvalue weighted by atomic mass is 19.4. The van der Waals surface area contributed by atoms with Crippen LogP contribution >= 0.6 is 0 Å². The van der Waals surface area contributed by atoms with E-state index in [1.165, 1.54) is 5.57 Å². The van der Waals surface area contributed by atoms with Crippen LogP contribution in [0.3, 0.4) is 0 Å². The molecule has 7 atom stereocenters. The molecule has 0 saturated heterocycles. The molecule has 0 aliphatic heterocycles. The second-order valence-corrected chi connectivity index (χ2v) is 11.0. The van der Waals surface area contributed by atoms with E-state index in [1.807, 2.05) is 0 Å². The van der Waals surface area contributed by atoms with Crippen molar-refractivity contribution in [3.05, 3.63) is 23.3 Å². The predicted octanol–water partition coefficient (Wildman–Crippen LogP) is 6.19. The summed E-state index contributed by atoms with van der Waals surface area (Å²) in [6.45, 7) is 4.86. The summed E-state index contributed by atoms with van der Waals surface area (Å²) in [5.41, 5.74) is 2.76. The Kier molecular flexibility index (Phi) is 5.93.